The van der Waals surface area contributed by atoms with E-state index in [1.54, 1.807) is 12.5 Å². The molecule has 1 unspecified atom stereocenters. The zero-order valence-electron chi connectivity index (χ0n) is 14.5. The van der Waals surface area contributed by atoms with Crippen molar-refractivity contribution in [2.75, 3.05) is 26.2 Å². The predicted octanol–water partition coefficient (Wildman–Crippen LogP) is 1.49. The average molecular weight is 329 g/mol. The van der Waals surface area contributed by atoms with Crippen LogP contribution >= 0.6 is 0 Å². The number of nitrogens with one attached hydrogen (secondary N) is 1. The topological polar surface area (TPSA) is 61.4 Å². The Morgan fingerprint density at radius 2 is 2.04 bits per heavy atom. The Morgan fingerprint density at radius 3 is 2.75 bits per heavy atom. The van der Waals surface area contributed by atoms with Crippen LogP contribution in [0.25, 0.3) is 0 Å². The van der Waals surface area contributed by atoms with Crippen molar-refractivity contribution in [3.63, 3.8) is 0 Å². The van der Waals surface area contributed by atoms with E-state index >= 15 is 0 Å². The molecule has 0 radical (unpaired) electrons. The molecule has 130 valence electrons. The van der Waals surface area contributed by atoms with Crippen molar-refractivity contribution >= 4 is 5.91 Å². The Morgan fingerprint density at radius 1 is 1.29 bits per heavy atom. The van der Waals surface area contributed by atoms with Crippen LogP contribution in [0.15, 0.2) is 12.5 Å². The molecule has 2 fully saturated rings. The Labute approximate surface area is 143 Å². The van der Waals surface area contributed by atoms with Gasteiger partial charge in [-0.3, -0.25) is 15.0 Å². The van der Waals surface area contributed by atoms with Crippen LogP contribution < -0.4 is 5.32 Å². The minimum Gasteiger partial charge on any atom is -0.341 e. The van der Waals surface area contributed by atoms with Crippen LogP contribution in [-0.4, -0.2) is 57.4 Å². The highest BCUT2D eigenvalue weighted by Crippen LogP contribution is 2.36. The second-order valence-corrected chi connectivity index (χ2v) is 7.34. The predicted molar refractivity (Wildman–Crippen MR) is 91.3 cm³/mol. The number of aromatic nitrogens is 2. The van der Waals surface area contributed by atoms with E-state index in [0.717, 1.165) is 37.2 Å². The molecule has 1 amide bonds. The molecule has 3 aliphatic heterocycles. The lowest BCUT2D eigenvalue weighted by Crippen LogP contribution is -2.56. The first-order valence-electron chi connectivity index (χ1n) is 9.29. The molecular weight excluding hydrogens is 302 g/mol. The second kappa shape index (κ2) is 6.41. The third-order valence-electron chi connectivity index (χ3n) is 6.30. The molecule has 6 nitrogen and oxygen atoms in total. The average Bonchev–Trinajstić information content (AvgIpc) is 3.31. The van der Waals surface area contributed by atoms with E-state index in [0.29, 0.717) is 12.1 Å². The first-order chi connectivity index (χ1) is 11.7. The van der Waals surface area contributed by atoms with E-state index in [-0.39, 0.29) is 11.9 Å². The number of piperidine rings is 1. The Kier molecular flexibility index (Phi) is 4.26. The third-order valence-corrected chi connectivity index (χ3v) is 6.30. The summed E-state index contributed by atoms with van der Waals surface area (Å²) < 4.78 is 0. The van der Waals surface area contributed by atoms with Crippen LogP contribution in [0.2, 0.25) is 0 Å². The number of rotatable bonds is 3. The number of carbonyl (C=O) groups excluding carboxylic acids is 1. The molecule has 2 saturated heterocycles. The second-order valence-electron chi connectivity index (χ2n) is 7.34. The van der Waals surface area contributed by atoms with Gasteiger partial charge < -0.3 is 4.90 Å². The zero-order valence-corrected chi connectivity index (χ0v) is 14.5. The third kappa shape index (κ3) is 2.62. The molecule has 1 atom stereocenters. The van der Waals surface area contributed by atoms with Gasteiger partial charge in [0.2, 0.25) is 5.91 Å². The fourth-order valence-corrected chi connectivity index (χ4v) is 4.69. The van der Waals surface area contributed by atoms with Gasteiger partial charge in [-0.15, -0.1) is 0 Å². The van der Waals surface area contributed by atoms with E-state index < -0.39 is 0 Å². The van der Waals surface area contributed by atoms with Crippen LogP contribution in [0.3, 0.4) is 0 Å². The summed E-state index contributed by atoms with van der Waals surface area (Å²) in [6, 6.07) is -0.262. The lowest BCUT2D eigenvalue weighted by Gasteiger charge is -2.47. The van der Waals surface area contributed by atoms with Gasteiger partial charge in [-0.2, -0.15) is 0 Å². The summed E-state index contributed by atoms with van der Waals surface area (Å²) in [6.45, 7) is 7.17. The van der Waals surface area contributed by atoms with Crippen molar-refractivity contribution in [1.29, 1.82) is 0 Å². The highest BCUT2D eigenvalue weighted by Gasteiger charge is 2.42. The Hall–Kier alpha value is -1.53. The molecular formula is C18H27N5O. The van der Waals surface area contributed by atoms with Gasteiger partial charge >= 0.3 is 0 Å². The summed E-state index contributed by atoms with van der Waals surface area (Å²) in [7, 11) is 0. The van der Waals surface area contributed by atoms with E-state index in [1.165, 1.54) is 32.4 Å². The number of likely N-dealkylation sites (tertiary alicyclic amines) is 2. The van der Waals surface area contributed by atoms with E-state index in [1.807, 2.05) is 4.90 Å². The fraction of sp³-hybridized carbons (Fsp3) is 0.722. The lowest BCUT2D eigenvalue weighted by molar-refractivity contribution is -0.136. The van der Waals surface area contributed by atoms with E-state index in [4.69, 9.17) is 0 Å². The van der Waals surface area contributed by atoms with Crippen molar-refractivity contribution in [2.45, 2.75) is 57.2 Å². The molecule has 0 aromatic carbocycles. The molecule has 24 heavy (non-hydrogen) atoms. The molecule has 1 N–H and O–H groups in total. The smallest absolute Gasteiger partial charge is 0.244 e. The molecule has 1 aromatic rings. The summed E-state index contributed by atoms with van der Waals surface area (Å²) in [6.07, 6.45) is 9.38. The van der Waals surface area contributed by atoms with Crippen molar-refractivity contribution < 1.29 is 4.79 Å². The van der Waals surface area contributed by atoms with Gasteiger partial charge in [0.05, 0.1) is 5.69 Å². The van der Waals surface area contributed by atoms with Gasteiger partial charge in [-0.25, -0.2) is 9.97 Å². The largest absolute Gasteiger partial charge is 0.341 e. The number of nitrogens with zero attached hydrogens (tertiary/aromatic N) is 4. The number of hydrogen-bond acceptors (Lipinski definition) is 5. The number of hydrogen-bond donors (Lipinski definition) is 1. The minimum absolute atomic E-state index is 0.190. The maximum absolute atomic E-state index is 13.0. The first-order valence-corrected chi connectivity index (χ1v) is 9.29. The van der Waals surface area contributed by atoms with Gasteiger partial charge in [-0.1, -0.05) is 6.92 Å². The monoisotopic (exact) mass is 329 g/mol. The van der Waals surface area contributed by atoms with E-state index in [2.05, 4.69) is 27.1 Å². The van der Waals surface area contributed by atoms with Gasteiger partial charge in [0.1, 0.15) is 12.4 Å². The van der Waals surface area contributed by atoms with E-state index in [9.17, 15) is 4.79 Å². The molecule has 4 rings (SSSR count). The molecule has 0 spiro atoms. The molecule has 0 aliphatic carbocycles. The maximum Gasteiger partial charge on any atom is 0.244 e. The Balaban J connectivity index is 1.43. The molecule has 3 aliphatic rings. The van der Waals surface area contributed by atoms with Crippen LogP contribution in [0, 0.1) is 0 Å². The summed E-state index contributed by atoms with van der Waals surface area (Å²) in [5, 5.41) is 3.30. The highest BCUT2D eigenvalue weighted by atomic mass is 16.2. The van der Waals surface area contributed by atoms with Crippen LogP contribution in [-0.2, 0) is 11.3 Å². The first kappa shape index (κ1) is 16.0. The molecule has 0 bridgehead atoms. The van der Waals surface area contributed by atoms with Gasteiger partial charge in [0, 0.05) is 36.9 Å². The van der Waals surface area contributed by atoms with Crippen molar-refractivity contribution in [3.05, 3.63) is 23.8 Å². The Bertz CT molecular complexity index is 605. The standard InChI is InChI=1S/C18H27N5O/c1-2-18(23-7-3-4-8-23)5-9-22(10-6-18)17(24)16-14-11-19-13-21-15(14)12-20-16/h11,13,16,20H,2-10,12H2,1H3. The molecule has 6 heteroatoms. The summed E-state index contributed by atoms with van der Waals surface area (Å²) >= 11 is 0. The van der Waals surface area contributed by atoms with Crippen molar-refractivity contribution in [2.24, 2.45) is 0 Å². The summed E-state index contributed by atoms with van der Waals surface area (Å²) in [5.74, 6) is 0.190. The quantitative estimate of drug-likeness (QED) is 0.910. The lowest BCUT2D eigenvalue weighted by atomic mass is 9.83. The number of carbonyl (C=O) groups is 1. The zero-order chi connectivity index (χ0) is 16.6. The normalized spacial score (nSPS) is 26.5. The number of fused-ring (bicyclic) bond motifs is 1. The summed E-state index contributed by atoms with van der Waals surface area (Å²) in [5.41, 5.74) is 2.23. The van der Waals surface area contributed by atoms with Crippen LogP contribution in [0.1, 0.15) is 56.3 Å². The molecule has 0 saturated carbocycles. The maximum atomic E-state index is 13.0. The fourth-order valence-electron chi connectivity index (χ4n) is 4.69. The minimum atomic E-state index is -0.262. The van der Waals surface area contributed by atoms with Gasteiger partial charge in [-0.05, 0) is 45.2 Å². The summed E-state index contributed by atoms with van der Waals surface area (Å²) in [4.78, 5) is 26.1. The van der Waals surface area contributed by atoms with Gasteiger partial charge in [0.25, 0.3) is 0 Å². The molecule has 1 aromatic heterocycles. The molecule has 4 heterocycles. The van der Waals surface area contributed by atoms with Crippen LogP contribution in [0.5, 0.6) is 0 Å². The highest BCUT2D eigenvalue weighted by molar-refractivity contribution is 5.84. The van der Waals surface area contributed by atoms with Crippen molar-refractivity contribution in [3.8, 4) is 0 Å². The number of amides is 1. The van der Waals surface area contributed by atoms with Crippen LogP contribution in [0.4, 0.5) is 0 Å². The van der Waals surface area contributed by atoms with Gasteiger partial charge in [0.15, 0.2) is 0 Å². The SMILES string of the molecule is CCC1(N2CCCC2)CCN(C(=O)C2NCc3ncncc32)CC1. The van der Waals surface area contributed by atoms with Crippen molar-refractivity contribution in [1.82, 2.24) is 25.1 Å².